The lowest BCUT2D eigenvalue weighted by Gasteiger charge is -2.40. The highest BCUT2D eigenvalue weighted by Crippen LogP contribution is 2.58. The molecule has 4 atom stereocenters. The van der Waals surface area contributed by atoms with Crippen molar-refractivity contribution in [2.24, 2.45) is 26.7 Å². The Hall–Kier alpha value is -2.62. The predicted molar refractivity (Wildman–Crippen MR) is 120 cm³/mol. The van der Waals surface area contributed by atoms with Crippen molar-refractivity contribution < 1.29 is 9.47 Å². The van der Waals surface area contributed by atoms with E-state index in [0.29, 0.717) is 13.2 Å². The van der Waals surface area contributed by atoms with Gasteiger partial charge in [0.25, 0.3) is 0 Å². The van der Waals surface area contributed by atoms with Crippen molar-refractivity contribution >= 4 is 11.8 Å². The van der Waals surface area contributed by atoms with Gasteiger partial charge in [-0.15, -0.1) is 0 Å². The topological polar surface area (TPSA) is 43.2 Å². The molecule has 1 fully saturated rings. The number of ether oxygens (including phenoxy) is 2. The lowest BCUT2D eigenvalue weighted by Crippen LogP contribution is -2.43. The number of hydrogen-bond acceptors (Lipinski definition) is 4. The van der Waals surface area contributed by atoms with E-state index in [-0.39, 0.29) is 28.8 Å². The average Bonchev–Trinajstić information content (AvgIpc) is 3.49. The maximum Gasteiger partial charge on any atom is 0.190 e. The summed E-state index contributed by atoms with van der Waals surface area (Å²) in [7, 11) is 0. The Bertz CT molecular complexity index is 967. The fraction of sp³-hybridized carbons (Fsp3) is 0.462. The monoisotopic (exact) mass is 402 g/mol. The van der Waals surface area contributed by atoms with Crippen LogP contribution in [0, 0.1) is 16.7 Å². The quantitative estimate of drug-likeness (QED) is 0.652. The minimum absolute atomic E-state index is 0.0537. The molecule has 2 heterocycles. The first kappa shape index (κ1) is 19.3. The summed E-state index contributed by atoms with van der Waals surface area (Å²) in [5.41, 5.74) is 2.26. The molecule has 0 N–H and O–H groups in total. The van der Waals surface area contributed by atoms with Crippen molar-refractivity contribution in [3.63, 3.8) is 0 Å². The van der Waals surface area contributed by atoms with Crippen LogP contribution in [0.3, 0.4) is 0 Å². The second-order valence-electron chi connectivity index (χ2n) is 9.52. The van der Waals surface area contributed by atoms with E-state index < -0.39 is 0 Å². The summed E-state index contributed by atoms with van der Waals surface area (Å²) in [5, 5.41) is 0. The molecule has 2 aliphatic heterocycles. The molecule has 0 saturated heterocycles. The van der Waals surface area contributed by atoms with Gasteiger partial charge in [-0.05, 0) is 29.4 Å². The zero-order valence-electron chi connectivity index (χ0n) is 18.0. The molecule has 4 nitrogen and oxygen atoms in total. The van der Waals surface area contributed by atoms with Crippen LogP contribution in [-0.2, 0) is 9.47 Å². The largest absolute Gasteiger partial charge is 0.478 e. The minimum Gasteiger partial charge on any atom is -0.478 e. The molecule has 2 aromatic rings. The van der Waals surface area contributed by atoms with Crippen molar-refractivity contribution in [2.45, 2.75) is 45.7 Å². The van der Waals surface area contributed by atoms with Crippen LogP contribution in [0.15, 0.2) is 70.6 Å². The summed E-state index contributed by atoms with van der Waals surface area (Å²) in [6.45, 7) is 8.23. The Balaban J connectivity index is 1.39. The van der Waals surface area contributed by atoms with Gasteiger partial charge in [-0.1, -0.05) is 81.4 Å². The van der Waals surface area contributed by atoms with Gasteiger partial charge in [0.1, 0.15) is 25.3 Å². The van der Waals surface area contributed by atoms with E-state index in [2.05, 4.69) is 69.3 Å². The van der Waals surface area contributed by atoms with Gasteiger partial charge in [0.2, 0.25) is 0 Å². The van der Waals surface area contributed by atoms with Gasteiger partial charge < -0.3 is 9.47 Å². The average molecular weight is 403 g/mol. The summed E-state index contributed by atoms with van der Waals surface area (Å²) in [5.74, 6) is 2.09. The summed E-state index contributed by atoms with van der Waals surface area (Å²) < 4.78 is 12.4. The highest BCUT2D eigenvalue weighted by atomic mass is 16.5. The second-order valence-corrected chi connectivity index (χ2v) is 9.52. The van der Waals surface area contributed by atoms with Gasteiger partial charge in [0.15, 0.2) is 11.8 Å². The van der Waals surface area contributed by atoms with Gasteiger partial charge in [0, 0.05) is 11.3 Å². The Kier molecular flexibility index (Phi) is 4.68. The van der Waals surface area contributed by atoms with Crippen molar-refractivity contribution in [2.75, 3.05) is 13.2 Å². The van der Waals surface area contributed by atoms with E-state index in [1.807, 2.05) is 12.1 Å². The standard InChI is InChI=1S/C26H30N2O2/c1-25(2)20(23-27-21(16-29-23)18-10-6-4-7-11-18)14-15-26(25,3)24-28-22(17-30-24)19-12-8-5-9-13-19/h4-13,20-22H,14-17H2,1-3H3/t20-,21+,22+,26+/m1/s1. The van der Waals surface area contributed by atoms with Crippen LogP contribution in [0.5, 0.6) is 0 Å². The van der Waals surface area contributed by atoms with Crippen LogP contribution >= 0.6 is 0 Å². The lowest BCUT2D eigenvalue weighted by atomic mass is 9.65. The third-order valence-corrected chi connectivity index (χ3v) is 7.69. The van der Waals surface area contributed by atoms with E-state index in [9.17, 15) is 0 Å². The first-order valence-electron chi connectivity index (χ1n) is 11.0. The van der Waals surface area contributed by atoms with Crippen molar-refractivity contribution in [3.05, 3.63) is 71.8 Å². The molecule has 2 aromatic carbocycles. The van der Waals surface area contributed by atoms with Crippen LogP contribution in [0.25, 0.3) is 0 Å². The van der Waals surface area contributed by atoms with Gasteiger partial charge in [-0.3, -0.25) is 0 Å². The Morgan fingerprint density at radius 2 is 1.33 bits per heavy atom. The minimum atomic E-state index is -0.127. The first-order chi connectivity index (χ1) is 14.5. The summed E-state index contributed by atoms with van der Waals surface area (Å²) >= 11 is 0. The highest BCUT2D eigenvalue weighted by Gasteiger charge is 2.58. The molecule has 0 amide bonds. The number of rotatable bonds is 4. The Morgan fingerprint density at radius 3 is 1.97 bits per heavy atom. The van der Waals surface area contributed by atoms with E-state index in [1.54, 1.807) is 0 Å². The van der Waals surface area contributed by atoms with Gasteiger partial charge >= 0.3 is 0 Å². The summed E-state index contributed by atoms with van der Waals surface area (Å²) in [4.78, 5) is 10.0. The van der Waals surface area contributed by atoms with Gasteiger partial charge in [-0.2, -0.15) is 0 Å². The number of benzene rings is 2. The van der Waals surface area contributed by atoms with Crippen LogP contribution in [0.2, 0.25) is 0 Å². The zero-order chi connectivity index (χ0) is 20.8. The third kappa shape index (κ3) is 3.05. The van der Waals surface area contributed by atoms with Crippen molar-refractivity contribution in [1.29, 1.82) is 0 Å². The van der Waals surface area contributed by atoms with Crippen molar-refractivity contribution in [3.8, 4) is 0 Å². The molecule has 0 bridgehead atoms. The maximum absolute atomic E-state index is 6.21. The van der Waals surface area contributed by atoms with Crippen LogP contribution < -0.4 is 0 Å². The fourth-order valence-electron chi connectivity index (χ4n) is 5.27. The normalized spacial score (nSPS) is 32.3. The molecule has 0 radical (unpaired) electrons. The molecule has 0 aromatic heterocycles. The first-order valence-corrected chi connectivity index (χ1v) is 11.0. The van der Waals surface area contributed by atoms with E-state index >= 15 is 0 Å². The molecular weight excluding hydrogens is 372 g/mol. The number of nitrogens with zero attached hydrogens (tertiary/aromatic N) is 2. The number of hydrogen-bond donors (Lipinski definition) is 0. The van der Waals surface area contributed by atoms with Crippen LogP contribution in [0.4, 0.5) is 0 Å². The molecule has 156 valence electrons. The molecule has 0 unspecified atom stereocenters. The second kappa shape index (κ2) is 7.26. The molecular formula is C26H30N2O2. The predicted octanol–water partition coefficient (Wildman–Crippen LogP) is 5.77. The Labute approximate surface area is 179 Å². The fourth-order valence-corrected chi connectivity index (χ4v) is 5.27. The van der Waals surface area contributed by atoms with E-state index in [1.165, 1.54) is 11.1 Å². The summed E-state index contributed by atoms with van der Waals surface area (Å²) in [6, 6.07) is 21.1. The molecule has 5 rings (SSSR count). The molecule has 4 heteroatoms. The molecule has 30 heavy (non-hydrogen) atoms. The smallest absolute Gasteiger partial charge is 0.190 e. The molecule has 3 aliphatic rings. The van der Waals surface area contributed by atoms with Crippen molar-refractivity contribution in [1.82, 2.24) is 0 Å². The zero-order valence-corrected chi connectivity index (χ0v) is 18.0. The number of aliphatic imine (C=N–C) groups is 2. The molecule has 1 saturated carbocycles. The van der Waals surface area contributed by atoms with E-state index in [4.69, 9.17) is 19.5 Å². The molecule has 0 spiro atoms. The highest BCUT2D eigenvalue weighted by molar-refractivity contribution is 5.89. The lowest BCUT2D eigenvalue weighted by molar-refractivity contribution is 0.139. The SMILES string of the molecule is CC1(C)[C@@H](C2=N[C@H](c3ccccc3)CO2)CC[C@@]1(C)C1=N[C@H](c2ccccc2)CO1. The maximum atomic E-state index is 6.21. The van der Waals surface area contributed by atoms with Crippen LogP contribution in [0.1, 0.15) is 56.8 Å². The summed E-state index contributed by atoms with van der Waals surface area (Å²) in [6.07, 6.45) is 2.08. The Morgan fingerprint density at radius 1 is 0.767 bits per heavy atom. The van der Waals surface area contributed by atoms with Gasteiger partial charge in [0.05, 0.1) is 0 Å². The molecule has 1 aliphatic carbocycles. The van der Waals surface area contributed by atoms with Gasteiger partial charge in [-0.25, -0.2) is 9.98 Å². The van der Waals surface area contributed by atoms with E-state index in [0.717, 1.165) is 24.6 Å². The van der Waals surface area contributed by atoms with Crippen LogP contribution in [-0.4, -0.2) is 25.0 Å². The third-order valence-electron chi connectivity index (χ3n) is 7.69.